The summed E-state index contributed by atoms with van der Waals surface area (Å²) < 4.78 is 49.2. The fourth-order valence-electron chi connectivity index (χ4n) is 4.21. The van der Waals surface area contributed by atoms with Crippen molar-refractivity contribution in [2.75, 3.05) is 44.7 Å². The second kappa shape index (κ2) is 9.76. The fraction of sp³-hybridized carbons (Fsp3) is 0.375. The number of rotatable bonds is 5. The summed E-state index contributed by atoms with van der Waals surface area (Å²) in [7, 11) is 1.88. The summed E-state index contributed by atoms with van der Waals surface area (Å²) in [6, 6.07) is 9.48. The number of benzene rings is 2. The summed E-state index contributed by atoms with van der Waals surface area (Å²) in [5.74, 6) is 0.783. The van der Waals surface area contributed by atoms with E-state index >= 15 is 0 Å². The first-order valence-corrected chi connectivity index (χ1v) is 11.3. The molecule has 1 saturated heterocycles. The maximum absolute atomic E-state index is 14.1. The first-order chi connectivity index (χ1) is 16.6. The molecular formula is C24H23ClF3N5O2. The molecule has 35 heavy (non-hydrogen) atoms. The molecule has 3 aromatic rings. The monoisotopic (exact) mass is 505 g/mol. The minimum absolute atomic E-state index is 0.103. The first kappa shape index (κ1) is 24.8. The van der Waals surface area contributed by atoms with Gasteiger partial charge in [0.1, 0.15) is 24.3 Å². The van der Waals surface area contributed by atoms with Crippen LogP contribution < -0.4 is 15.2 Å². The van der Waals surface area contributed by atoms with Crippen LogP contribution in [0.5, 0.6) is 5.75 Å². The van der Waals surface area contributed by atoms with Gasteiger partial charge in [-0.2, -0.15) is 18.4 Å². The predicted molar refractivity (Wildman–Crippen MR) is 127 cm³/mol. The fourth-order valence-corrected chi connectivity index (χ4v) is 4.34. The number of hydrogen-bond acceptors (Lipinski definition) is 6. The summed E-state index contributed by atoms with van der Waals surface area (Å²) in [5.41, 5.74) is -2.24. The van der Waals surface area contributed by atoms with Gasteiger partial charge in [0.15, 0.2) is 0 Å². The molecule has 2 heterocycles. The van der Waals surface area contributed by atoms with Crippen molar-refractivity contribution in [3.8, 4) is 11.8 Å². The molecule has 1 fully saturated rings. The van der Waals surface area contributed by atoms with Crippen LogP contribution in [0.1, 0.15) is 17.0 Å². The maximum atomic E-state index is 14.1. The van der Waals surface area contributed by atoms with Crippen molar-refractivity contribution in [1.29, 1.82) is 5.26 Å². The van der Waals surface area contributed by atoms with E-state index in [1.807, 2.05) is 18.0 Å². The molecule has 0 atom stereocenters. The number of fused-ring (bicyclic) bond motifs is 1. The van der Waals surface area contributed by atoms with Gasteiger partial charge in [0.25, 0.3) is 5.56 Å². The Labute approximate surface area is 204 Å². The quantitative estimate of drug-likeness (QED) is 0.520. The van der Waals surface area contributed by atoms with Crippen molar-refractivity contribution in [2.24, 2.45) is 0 Å². The van der Waals surface area contributed by atoms with E-state index in [4.69, 9.17) is 16.3 Å². The van der Waals surface area contributed by atoms with E-state index in [9.17, 15) is 23.2 Å². The van der Waals surface area contributed by atoms with Gasteiger partial charge >= 0.3 is 6.18 Å². The van der Waals surface area contributed by atoms with Crippen LogP contribution >= 0.6 is 11.6 Å². The molecule has 0 aliphatic carbocycles. The number of aromatic nitrogens is 2. The van der Waals surface area contributed by atoms with E-state index in [1.165, 1.54) is 16.4 Å². The van der Waals surface area contributed by atoms with E-state index in [0.717, 1.165) is 6.07 Å². The number of likely N-dealkylation sites (N-methyl/N-ethyl adjacent to an activating group) is 1. The first-order valence-electron chi connectivity index (χ1n) is 11.0. The van der Waals surface area contributed by atoms with Gasteiger partial charge in [-0.25, -0.2) is 4.98 Å². The summed E-state index contributed by atoms with van der Waals surface area (Å²) in [4.78, 5) is 21.3. The van der Waals surface area contributed by atoms with Gasteiger partial charge < -0.3 is 14.5 Å². The molecule has 0 saturated carbocycles. The molecule has 184 valence electrons. The maximum Gasteiger partial charge on any atom is 0.418 e. The van der Waals surface area contributed by atoms with E-state index in [-0.39, 0.29) is 41.1 Å². The molecule has 7 nitrogen and oxygen atoms in total. The highest BCUT2D eigenvalue weighted by atomic mass is 35.5. The van der Waals surface area contributed by atoms with Crippen LogP contribution in [0.4, 0.5) is 18.9 Å². The minimum Gasteiger partial charge on any atom is -0.492 e. The van der Waals surface area contributed by atoms with Crippen LogP contribution in [0.15, 0.2) is 35.1 Å². The van der Waals surface area contributed by atoms with Gasteiger partial charge in [-0.05, 0) is 44.3 Å². The van der Waals surface area contributed by atoms with Crippen molar-refractivity contribution in [2.45, 2.75) is 19.6 Å². The van der Waals surface area contributed by atoms with Crippen LogP contribution in [0.3, 0.4) is 0 Å². The zero-order valence-electron chi connectivity index (χ0n) is 19.2. The molecular weight excluding hydrogens is 483 g/mol. The highest BCUT2D eigenvalue weighted by Gasteiger charge is 2.38. The molecule has 1 aliphatic rings. The van der Waals surface area contributed by atoms with Gasteiger partial charge in [-0.1, -0.05) is 11.6 Å². The van der Waals surface area contributed by atoms with Crippen LogP contribution in [0.2, 0.25) is 5.02 Å². The number of halogens is 4. The lowest BCUT2D eigenvalue weighted by Gasteiger charge is -2.36. The third-order valence-corrected chi connectivity index (χ3v) is 6.30. The number of anilines is 1. The average molecular weight is 506 g/mol. The van der Waals surface area contributed by atoms with Crippen molar-refractivity contribution < 1.29 is 17.9 Å². The number of nitrogens with zero attached hydrogens (tertiary/aromatic N) is 5. The second-order valence-electron chi connectivity index (χ2n) is 8.36. The molecule has 0 N–H and O–H groups in total. The Morgan fingerprint density at radius 1 is 1.17 bits per heavy atom. The van der Waals surface area contributed by atoms with Gasteiger partial charge in [0.05, 0.1) is 34.3 Å². The number of ether oxygens (including phenoxy) is 1. The zero-order valence-corrected chi connectivity index (χ0v) is 19.9. The molecule has 0 bridgehead atoms. The lowest BCUT2D eigenvalue weighted by atomic mass is 10.00. The van der Waals surface area contributed by atoms with Crippen molar-refractivity contribution in [3.63, 3.8) is 0 Å². The molecule has 0 amide bonds. The number of piperazine rings is 1. The van der Waals surface area contributed by atoms with Crippen LogP contribution in [-0.4, -0.2) is 54.3 Å². The van der Waals surface area contributed by atoms with Crippen molar-refractivity contribution >= 4 is 28.2 Å². The Morgan fingerprint density at radius 2 is 1.83 bits per heavy atom. The summed E-state index contributed by atoms with van der Waals surface area (Å²) >= 11 is 5.87. The van der Waals surface area contributed by atoms with Crippen molar-refractivity contribution in [3.05, 3.63) is 62.7 Å². The normalized spacial score (nSPS) is 14.8. The molecule has 0 spiro atoms. The number of aryl methyl sites for hydroxylation is 1. The summed E-state index contributed by atoms with van der Waals surface area (Å²) in [6.07, 6.45) is -4.71. The highest BCUT2D eigenvalue weighted by Crippen LogP contribution is 2.41. The molecule has 1 aromatic heterocycles. The van der Waals surface area contributed by atoms with Crippen LogP contribution in [0.25, 0.3) is 10.9 Å². The van der Waals surface area contributed by atoms with Gasteiger partial charge in [0, 0.05) is 31.2 Å². The Balaban J connectivity index is 1.79. The minimum atomic E-state index is -4.71. The Hall–Kier alpha value is -3.29. The third kappa shape index (κ3) is 5.06. The van der Waals surface area contributed by atoms with Crippen LogP contribution in [-0.2, 0) is 12.7 Å². The smallest absolute Gasteiger partial charge is 0.418 e. The van der Waals surface area contributed by atoms with Gasteiger partial charge in [0.2, 0.25) is 0 Å². The lowest BCUT2D eigenvalue weighted by molar-refractivity contribution is -0.137. The van der Waals surface area contributed by atoms with Crippen molar-refractivity contribution in [1.82, 2.24) is 14.5 Å². The van der Waals surface area contributed by atoms with E-state index in [2.05, 4.69) is 4.98 Å². The second-order valence-corrected chi connectivity index (χ2v) is 8.80. The Morgan fingerprint density at radius 3 is 2.43 bits per heavy atom. The third-order valence-electron chi connectivity index (χ3n) is 6.04. The topological polar surface area (TPSA) is 74.4 Å². The number of hydrogen-bond donors (Lipinski definition) is 0. The zero-order chi connectivity index (χ0) is 25.3. The Kier molecular flexibility index (Phi) is 6.92. The Bertz CT molecular complexity index is 1340. The number of nitriles is 1. The average Bonchev–Trinajstić information content (AvgIpc) is 2.81. The van der Waals surface area contributed by atoms with E-state index < -0.39 is 17.3 Å². The number of alkyl halides is 3. The van der Waals surface area contributed by atoms with Crippen LogP contribution in [0, 0.1) is 18.3 Å². The lowest BCUT2D eigenvalue weighted by Crippen LogP contribution is -2.45. The molecule has 2 aromatic carbocycles. The summed E-state index contributed by atoms with van der Waals surface area (Å²) in [6.45, 7) is 3.45. The SMILES string of the molecule is Cc1nc2cc(C(F)(F)F)c(N3CCN(C)CC3)c(C#N)c2c(=O)n1CCOc1ccc(Cl)cc1. The van der Waals surface area contributed by atoms with E-state index in [1.54, 1.807) is 24.3 Å². The van der Waals surface area contributed by atoms with Gasteiger partial charge in [-0.15, -0.1) is 0 Å². The summed E-state index contributed by atoms with van der Waals surface area (Å²) in [5, 5.41) is 10.4. The van der Waals surface area contributed by atoms with Gasteiger partial charge in [-0.3, -0.25) is 9.36 Å². The van der Waals surface area contributed by atoms with E-state index in [0.29, 0.717) is 37.0 Å². The predicted octanol–water partition coefficient (Wildman–Crippen LogP) is 4.08. The molecule has 4 rings (SSSR count). The molecule has 11 heteroatoms. The molecule has 1 aliphatic heterocycles. The molecule has 0 radical (unpaired) electrons. The molecule has 0 unspecified atom stereocenters. The standard InChI is InChI=1S/C24H23ClF3N5O2/c1-15-30-20-13-19(24(26,27)28)22(32-9-7-31(2)8-10-32)18(14-29)21(20)23(34)33(15)11-12-35-17-5-3-16(25)4-6-17/h3-6,13H,7-12H2,1-2H3. The highest BCUT2D eigenvalue weighted by molar-refractivity contribution is 6.30. The largest absolute Gasteiger partial charge is 0.492 e.